The molecule has 1 aromatic rings. The molecule has 0 bridgehead atoms. The van der Waals surface area contributed by atoms with Gasteiger partial charge in [0.1, 0.15) is 5.78 Å². The van der Waals surface area contributed by atoms with Crippen LogP contribution < -0.4 is 0 Å². The van der Waals surface area contributed by atoms with Crippen molar-refractivity contribution < 1.29 is 9.59 Å². The summed E-state index contributed by atoms with van der Waals surface area (Å²) in [6.45, 7) is 3.43. The van der Waals surface area contributed by atoms with Gasteiger partial charge in [0.05, 0.1) is 0 Å². The molecular formula is C13H16O2. The molecule has 0 aliphatic carbocycles. The minimum absolute atomic E-state index is 0.0729. The van der Waals surface area contributed by atoms with Crippen LogP contribution in [0.5, 0.6) is 0 Å². The van der Waals surface area contributed by atoms with Crippen LogP contribution in [0.2, 0.25) is 0 Å². The largest absolute Gasteiger partial charge is 0.300 e. The topological polar surface area (TPSA) is 34.1 Å². The zero-order valence-corrected chi connectivity index (χ0v) is 9.19. The van der Waals surface area contributed by atoms with E-state index in [0.717, 1.165) is 5.56 Å². The summed E-state index contributed by atoms with van der Waals surface area (Å²) in [6, 6.07) is 9.21. The molecule has 1 atom stereocenters. The standard InChI is InChI=1S/C13H16O2/c1-10(8-9-11(2)14)13(15)12-6-4-3-5-7-12/h3-7,10H,8-9H2,1-2H3. The minimum atomic E-state index is -0.0729. The van der Waals surface area contributed by atoms with Crippen LogP contribution in [0.3, 0.4) is 0 Å². The normalized spacial score (nSPS) is 12.1. The third-order valence-electron chi connectivity index (χ3n) is 2.44. The van der Waals surface area contributed by atoms with Gasteiger partial charge in [-0.3, -0.25) is 4.79 Å². The summed E-state index contributed by atoms with van der Waals surface area (Å²) in [6.07, 6.45) is 1.13. The number of hydrogen-bond acceptors (Lipinski definition) is 2. The molecule has 0 spiro atoms. The second-order valence-electron chi connectivity index (χ2n) is 3.87. The molecule has 0 saturated heterocycles. The van der Waals surface area contributed by atoms with Crippen molar-refractivity contribution in [3.63, 3.8) is 0 Å². The van der Waals surface area contributed by atoms with Crippen LogP contribution in [0.15, 0.2) is 30.3 Å². The highest BCUT2D eigenvalue weighted by atomic mass is 16.1. The predicted octanol–water partition coefficient (Wildman–Crippen LogP) is 2.87. The summed E-state index contributed by atoms with van der Waals surface area (Å²) in [5.41, 5.74) is 0.730. The van der Waals surface area contributed by atoms with Crippen LogP contribution in [-0.4, -0.2) is 11.6 Å². The first-order valence-electron chi connectivity index (χ1n) is 5.20. The maximum Gasteiger partial charge on any atom is 0.165 e. The number of carbonyl (C=O) groups is 2. The molecule has 1 rings (SSSR count). The van der Waals surface area contributed by atoms with Crippen LogP contribution in [0, 0.1) is 5.92 Å². The fourth-order valence-corrected chi connectivity index (χ4v) is 1.44. The maximum absolute atomic E-state index is 11.8. The molecule has 2 nitrogen and oxygen atoms in total. The summed E-state index contributed by atoms with van der Waals surface area (Å²) >= 11 is 0. The molecule has 0 aromatic heterocycles. The second kappa shape index (κ2) is 5.44. The molecule has 0 N–H and O–H groups in total. The molecule has 0 aliphatic heterocycles. The molecular weight excluding hydrogens is 188 g/mol. The summed E-state index contributed by atoms with van der Waals surface area (Å²) in [5, 5.41) is 0. The maximum atomic E-state index is 11.8. The first kappa shape index (κ1) is 11.6. The van der Waals surface area contributed by atoms with Crippen molar-refractivity contribution in [2.24, 2.45) is 5.92 Å². The summed E-state index contributed by atoms with van der Waals surface area (Å²) in [7, 11) is 0. The van der Waals surface area contributed by atoms with E-state index in [1.165, 1.54) is 0 Å². The van der Waals surface area contributed by atoms with E-state index < -0.39 is 0 Å². The van der Waals surface area contributed by atoms with Crippen LogP contribution in [0.1, 0.15) is 37.0 Å². The van der Waals surface area contributed by atoms with E-state index in [-0.39, 0.29) is 17.5 Å². The van der Waals surface area contributed by atoms with E-state index >= 15 is 0 Å². The summed E-state index contributed by atoms with van der Waals surface area (Å²) in [4.78, 5) is 22.6. The van der Waals surface area contributed by atoms with Gasteiger partial charge in [-0.1, -0.05) is 37.3 Å². The number of rotatable bonds is 5. The van der Waals surface area contributed by atoms with Crippen molar-refractivity contribution in [1.82, 2.24) is 0 Å². The van der Waals surface area contributed by atoms with Crippen molar-refractivity contribution in [1.29, 1.82) is 0 Å². The van der Waals surface area contributed by atoms with Gasteiger partial charge in [0.25, 0.3) is 0 Å². The average Bonchev–Trinajstić information content (AvgIpc) is 2.26. The van der Waals surface area contributed by atoms with Gasteiger partial charge in [0, 0.05) is 17.9 Å². The third kappa shape index (κ3) is 3.66. The predicted molar refractivity (Wildman–Crippen MR) is 59.9 cm³/mol. The highest BCUT2D eigenvalue weighted by Crippen LogP contribution is 2.13. The van der Waals surface area contributed by atoms with Crippen molar-refractivity contribution >= 4 is 11.6 Å². The molecule has 0 fully saturated rings. The fraction of sp³-hybridized carbons (Fsp3) is 0.385. The van der Waals surface area contributed by atoms with Crippen molar-refractivity contribution in [2.75, 3.05) is 0 Å². The lowest BCUT2D eigenvalue weighted by molar-refractivity contribution is -0.117. The Morgan fingerprint density at radius 1 is 1.20 bits per heavy atom. The Morgan fingerprint density at radius 2 is 1.80 bits per heavy atom. The van der Waals surface area contributed by atoms with E-state index in [2.05, 4.69) is 0 Å². The molecule has 0 aliphatic rings. The van der Waals surface area contributed by atoms with Crippen LogP contribution in [0.4, 0.5) is 0 Å². The van der Waals surface area contributed by atoms with Crippen molar-refractivity contribution in [2.45, 2.75) is 26.7 Å². The molecule has 2 heteroatoms. The number of carbonyl (C=O) groups excluding carboxylic acids is 2. The van der Waals surface area contributed by atoms with Gasteiger partial charge >= 0.3 is 0 Å². The molecule has 0 radical (unpaired) electrons. The zero-order chi connectivity index (χ0) is 11.3. The SMILES string of the molecule is CC(=O)CCC(C)C(=O)c1ccccc1. The lowest BCUT2D eigenvalue weighted by atomic mass is 9.94. The highest BCUT2D eigenvalue weighted by Gasteiger charge is 2.14. The third-order valence-corrected chi connectivity index (χ3v) is 2.44. The van der Waals surface area contributed by atoms with E-state index in [0.29, 0.717) is 12.8 Å². The summed E-state index contributed by atoms with van der Waals surface area (Å²) in [5.74, 6) is 0.191. The zero-order valence-electron chi connectivity index (χ0n) is 9.19. The van der Waals surface area contributed by atoms with Gasteiger partial charge in [-0.25, -0.2) is 0 Å². The number of ketones is 2. The first-order valence-corrected chi connectivity index (χ1v) is 5.20. The second-order valence-corrected chi connectivity index (χ2v) is 3.87. The molecule has 0 heterocycles. The van der Waals surface area contributed by atoms with Gasteiger partial charge in [0.15, 0.2) is 5.78 Å². The Morgan fingerprint density at radius 3 is 2.33 bits per heavy atom. The van der Waals surface area contributed by atoms with Gasteiger partial charge in [0.2, 0.25) is 0 Å². The highest BCUT2D eigenvalue weighted by molar-refractivity contribution is 5.97. The van der Waals surface area contributed by atoms with Crippen LogP contribution in [0.25, 0.3) is 0 Å². The van der Waals surface area contributed by atoms with Crippen LogP contribution >= 0.6 is 0 Å². The monoisotopic (exact) mass is 204 g/mol. The minimum Gasteiger partial charge on any atom is -0.300 e. The van der Waals surface area contributed by atoms with E-state index in [1.54, 1.807) is 6.92 Å². The van der Waals surface area contributed by atoms with Crippen LogP contribution in [-0.2, 0) is 4.79 Å². The molecule has 80 valence electrons. The Bertz CT molecular complexity index is 341. The van der Waals surface area contributed by atoms with Gasteiger partial charge in [-0.05, 0) is 13.3 Å². The van der Waals surface area contributed by atoms with Gasteiger partial charge in [-0.15, -0.1) is 0 Å². The van der Waals surface area contributed by atoms with E-state index in [1.807, 2.05) is 37.3 Å². The molecule has 0 amide bonds. The number of Topliss-reactive ketones (excluding diaryl/α,β-unsaturated/α-hetero) is 2. The molecule has 0 saturated carbocycles. The molecule has 1 unspecified atom stereocenters. The average molecular weight is 204 g/mol. The lowest BCUT2D eigenvalue weighted by Crippen LogP contribution is -2.12. The lowest BCUT2D eigenvalue weighted by Gasteiger charge is -2.08. The summed E-state index contributed by atoms with van der Waals surface area (Å²) < 4.78 is 0. The Balaban J connectivity index is 2.57. The quantitative estimate of drug-likeness (QED) is 0.691. The number of hydrogen-bond donors (Lipinski definition) is 0. The van der Waals surface area contributed by atoms with Crippen molar-refractivity contribution in [3.8, 4) is 0 Å². The number of benzene rings is 1. The Kier molecular flexibility index (Phi) is 4.22. The smallest absolute Gasteiger partial charge is 0.165 e. The van der Waals surface area contributed by atoms with E-state index in [4.69, 9.17) is 0 Å². The fourth-order valence-electron chi connectivity index (χ4n) is 1.44. The van der Waals surface area contributed by atoms with Crippen molar-refractivity contribution in [3.05, 3.63) is 35.9 Å². The Hall–Kier alpha value is -1.44. The van der Waals surface area contributed by atoms with E-state index in [9.17, 15) is 9.59 Å². The van der Waals surface area contributed by atoms with Gasteiger partial charge in [-0.2, -0.15) is 0 Å². The molecule has 1 aromatic carbocycles. The molecule has 15 heavy (non-hydrogen) atoms. The first-order chi connectivity index (χ1) is 7.11. The van der Waals surface area contributed by atoms with Gasteiger partial charge < -0.3 is 4.79 Å². The Labute approximate surface area is 90.3 Å².